The highest BCUT2D eigenvalue weighted by Crippen LogP contribution is 2.29. The lowest BCUT2D eigenvalue weighted by molar-refractivity contribution is -0.275. The zero-order valence-corrected chi connectivity index (χ0v) is 10.4. The van der Waals surface area contributed by atoms with E-state index < -0.39 is 29.2 Å². The topological polar surface area (TPSA) is 68.4 Å². The summed E-state index contributed by atoms with van der Waals surface area (Å²) in [5, 5.41) is 0. The molecule has 5 nitrogen and oxygen atoms in total. The van der Waals surface area contributed by atoms with E-state index in [0.717, 1.165) is 13.3 Å². The van der Waals surface area contributed by atoms with E-state index in [2.05, 4.69) is 14.5 Å². The van der Waals surface area contributed by atoms with Crippen molar-refractivity contribution in [2.75, 3.05) is 7.11 Å². The van der Waals surface area contributed by atoms with E-state index in [4.69, 9.17) is 0 Å². The van der Waals surface area contributed by atoms with Crippen LogP contribution >= 0.6 is 22.6 Å². The van der Waals surface area contributed by atoms with Crippen molar-refractivity contribution < 1.29 is 27.4 Å². The van der Waals surface area contributed by atoms with Crippen LogP contribution in [-0.2, 0) is 4.74 Å². The predicted octanol–water partition coefficient (Wildman–Crippen LogP) is 1.66. The van der Waals surface area contributed by atoms with Crippen LogP contribution in [0.1, 0.15) is 10.4 Å². The minimum absolute atomic E-state index is 0.0695. The van der Waals surface area contributed by atoms with Gasteiger partial charge in [-0.3, -0.25) is 4.79 Å². The summed E-state index contributed by atoms with van der Waals surface area (Å²) in [5.41, 5.74) is -1.84. The first-order chi connectivity index (χ1) is 7.76. The molecule has 0 atom stereocenters. The van der Waals surface area contributed by atoms with Gasteiger partial charge in [-0.15, -0.1) is 13.2 Å². The normalized spacial score (nSPS) is 11.1. The van der Waals surface area contributed by atoms with E-state index in [1.807, 2.05) is 0 Å². The SMILES string of the molecule is COC(=O)c1c(OC(F)(F)F)c(I)c[nH]c1=O. The molecule has 94 valence electrons. The van der Waals surface area contributed by atoms with Crippen LogP contribution in [0.25, 0.3) is 0 Å². The molecular formula is C8H5F3INO4. The minimum Gasteiger partial charge on any atom is -0.465 e. The van der Waals surface area contributed by atoms with E-state index >= 15 is 0 Å². The first-order valence-electron chi connectivity index (χ1n) is 4.01. The van der Waals surface area contributed by atoms with Gasteiger partial charge in [-0.05, 0) is 22.6 Å². The molecule has 0 spiro atoms. The molecule has 0 aromatic carbocycles. The zero-order valence-electron chi connectivity index (χ0n) is 8.22. The summed E-state index contributed by atoms with van der Waals surface area (Å²) < 4.78 is 44.1. The molecule has 0 amide bonds. The molecule has 1 aromatic rings. The maximum absolute atomic E-state index is 12.1. The molecule has 0 aliphatic carbocycles. The first-order valence-corrected chi connectivity index (χ1v) is 5.09. The summed E-state index contributed by atoms with van der Waals surface area (Å²) in [7, 11) is 0.943. The number of rotatable bonds is 2. The van der Waals surface area contributed by atoms with Gasteiger partial charge in [0, 0.05) is 6.20 Å². The second kappa shape index (κ2) is 4.94. The molecule has 0 unspecified atom stereocenters. The standard InChI is InChI=1S/C8H5F3INO4/c1-16-7(15)4-5(17-8(9,10)11)3(12)2-13-6(4)14/h2H,1H3,(H,13,14). The molecule has 0 saturated carbocycles. The number of H-pyrrole nitrogens is 1. The zero-order chi connectivity index (χ0) is 13.2. The Morgan fingerprint density at radius 2 is 2.06 bits per heavy atom. The lowest BCUT2D eigenvalue weighted by atomic mass is 10.2. The Balaban J connectivity index is 3.40. The average Bonchev–Trinajstić information content (AvgIpc) is 2.21. The Kier molecular flexibility index (Phi) is 4.01. The second-order valence-electron chi connectivity index (χ2n) is 2.71. The summed E-state index contributed by atoms with van der Waals surface area (Å²) in [6.45, 7) is 0. The number of carbonyl (C=O) groups excluding carboxylic acids is 1. The fourth-order valence-corrected chi connectivity index (χ4v) is 1.53. The van der Waals surface area contributed by atoms with Crippen molar-refractivity contribution >= 4 is 28.6 Å². The molecule has 1 N–H and O–H groups in total. The van der Waals surface area contributed by atoms with Crippen molar-refractivity contribution in [1.29, 1.82) is 0 Å². The summed E-state index contributed by atoms with van der Waals surface area (Å²) in [6, 6.07) is 0. The molecule has 0 radical (unpaired) electrons. The van der Waals surface area contributed by atoms with Crippen LogP contribution in [0.5, 0.6) is 5.75 Å². The van der Waals surface area contributed by atoms with Crippen molar-refractivity contribution in [1.82, 2.24) is 4.98 Å². The molecule has 1 heterocycles. The van der Waals surface area contributed by atoms with E-state index in [1.165, 1.54) is 22.6 Å². The highest BCUT2D eigenvalue weighted by molar-refractivity contribution is 14.1. The predicted molar refractivity (Wildman–Crippen MR) is 57.8 cm³/mol. The first kappa shape index (κ1) is 13.8. The van der Waals surface area contributed by atoms with Gasteiger partial charge in [-0.2, -0.15) is 0 Å². The third-order valence-electron chi connectivity index (χ3n) is 1.61. The Morgan fingerprint density at radius 1 is 1.47 bits per heavy atom. The van der Waals surface area contributed by atoms with E-state index in [1.54, 1.807) is 0 Å². The van der Waals surface area contributed by atoms with Gasteiger partial charge < -0.3 is 14.5 Å². The number of carbonyl (C=O) groups is 1. The maximum atomic E-state index is 12.1. The monoisotopic (exact) mass is 363 g/mol. The molecule has 9 heteroatoms. The number of pyridine rings is 1. The number of halogens is 4. The molecule has 0 aliphatic rings. The number of nitrogens with one attached hydrogen (secondary N) is 1. The number of hydrogen-bond acceptors (Lipinski definition) is 4. The Hall–Kier alpha value is -1.26. The van der Waals surface area contributed by atoms with Crippen molar-refractivity contribution in [3.05, 3.63) is 25.7 Å². The number of ether oxygens (including phenoxy) is 2. The molecule has 0 fully saturated rings. The van der Waals surface area contributed by atoms with Crippen molar-refractivity contribution in [3.8, 4) is 5.75 Å². The average molecular weight is 363 g/mol. The molecule has 1 rings (SSSR count). The molecule has 0 aliphatic heterocycles. The quantitative estimate of drug-likeness (QED) is 0.641. The number of methoxy groups -OCH3 is 1. The van der Waals surface area contributed by atoms with Gasteiger partial charge in [0.1, 0.15) is 0 Å². The third-order valence-corrected chi connectivity index (χ3v) is 2.41. The van der Waals surface area contributed by atoms with Crippen LogP contribution in [0.2, 0.25) is 0 Å². The smallest absolute Gasteiger partial charge is 0.465 e. The van der Waals surface area contributed by atoms with Crippen molar-refractivity contribution in [2.24, 2.45) is 0 Å². The summed E-state index contributed by atoms with van der Waals surface area (Å²) in [4.78, 5) is 24.6. The number of esters is 1. The van der Waals surface area contributed by atoms with Gasteiger partial charge in [-0.1, -0.05) is 0 Å². The lowest BCUT2D eigenvalue weighted by Gasteiger charge is -2.12. The van der Waals surface area contributed by atoms with Gasteiger partial charge in [0.2, 0.25) is 0 Å². The molecular weight excluding hydrogens is 358 g/mol. The van der Waals surface area contributed by atoms with Gasteiger partial charge in [0.05, 0.1) is 10.7 Å². The molecule has 1 aromatic heterocycles. The van der Waals surface area contributed by atoms with Gasteiger partial charge in [0.15, 0.2) is 11.3 Å². The molecule has 0 bridgehead atoms. The van der Waals surface area contributed by atoms with Crippen LogP contribution in [0.4, 0.5) is 13.2 Å². The Bertz CT molecular complexity index is 497. The van der Waals surface area contributed by atoms with E-state index in [0.29, 0.717) is 0 Å². The van der Waals surface area contributed by atoms with Crippen LogP contribution in [0, 0.1) is 3.57 Å². The number of hydrogen-bond donors (Lipinski definition) is 1. The lowest BCUT2D eigenvalue weighted by Crippen LogP contribution is -2.26. The summed E-state index contributed by atoms with van der Waals surface area (Å²) in [6.07, 6.45) is -4.01. The summed E-state index contributed by atoms with van der Waals surface area (Å²) in [5.74, 6) is -2.07. The second-order valence-corrected chi connectivity index (χ2v) is 3.87. The van der Waals surface area contributed by atoms with E-state index in [-0.39, 0.29) is 3.57 Å². The van der Waals surface area contributed by atoms with Crippen molar-refractivity contribution in [2.45, 2.75) is 6.36 Å². The Morgan fingerprint density at radius 3 is 2.53 bits per heavy atom. The number of aromatic amines is 1. The van der Waals surface area contributed by atoms with Crippen LogP contribution in [-0.4, -0.2) is 24.4 Å². The van der Waals surface area contributed by atoms with Crippen LogP contribution < -0.4 is 10.3 Å². The molecule has 0 saturated heterocycles. The Labute approximate surface area is 106 Å². The van der Waals surface area contributed by atoms with E-state index in [9.17, 15) is 22.8 Å². The molecule has 17 heavy (non-hydrogen) atoms. The highest BCUT2D eigenvalue weighted by Gasteiger charge is 2.35. The minimum atomic E-state index is -5.00. The third kappa shape index (κ3) is 3.35. The fourth-order valence-electron chi connectivity index (χ4n) is 0.992. The number of aromatic nitrogens is 1. The summed E-state index contributed by atoms with van der Waals surface area (Å²) >= 11 is 1.49. The van der Waals surface area contributed by atoms with Gasteiger partial charge >= 0.3 is 12.3 Å². The fraction of sp³-hybridized carbons (Fsp3) is 0.250. The largest absolute Gasteiger partial charge is 0.573 e. The number of alkyl halides is 3. The highest BCUT2D eigenvalue weighted by atomic mass is 127. The van der Waals surface area contributed by atoms with Gasteiger partial charge in [0.25, 0.3) is 5.56 Å². The maximum Gasteiger partial charge on any atom is 0.573 e. The van der Waals surface area contributed by atoms with Crippen LogP contribution in [0.15, 0.2) is 11.0 Å². The van der Waals surface area contributed by atoms with Crippen LogP contribution in [0.3, 0.4) is 0 Å². The van der Waals surface area contributed by atoms with Gasteiger partial charge in [-0.25, -0.2) is 4.79 Å². The van der Waals surface area contributed by atoms with Crippen molar-refractivity contribution in [3.63, 3.8) is 0 Å².